The fourth-order valence-corrected chi connectivity index (χ4v) is 2.13. The van der Waals surface area contributed by atoms with Crippen LogP contribution in [0.4, 0.5) is 0 Å². The maximum atomic E-state index is 5.43. The first-order valence-corrected chi connectivity index (χ1v) is 7.21. The molecule has 20 heavy (non-hydrogen) atoms. The third-order valence-electron chi connectivity index (χ3n) is 3.30. The van der Waals surface area contributed by atoms with E-state index in [0.29, 0.717) is 6.61 Å². The molecule has 0 aliphatic rings. The predicted octanol–water partition coefficient (Wildman–Crippen LogP) is 2.84. The summed E-state index contributed by atoms with van der Waals surface area (Å²) in [7, 11) is 0. The average molecular weight is 273 g/mol. The molecule has 0 aliphatic carbocycles. The summed E-state index contributed by atoms with van der Waals surface area (Å²) in [6, 6.07) is 8.27. The number of hydrogen-bond acceptors (Lipinski definition) is 3. The smallest absolute Gasteiger partial charge is 0.119 e. The average Bonchev–Trinajstić information content (AvgIpc) is 2.86. The van der Waals surface area contributed by atoms with Crippen LogP contribution in [0, 0.1) is 6.92 Å². The Morgan fingerprint density at radius 1 is 1.25 bits per heavy atom. The number of aromatic amines is 1. The van der Waals surface area contributed by atoms with Gasteiger partial charge >= 0.3 is 0 Å². The second kappa shape index (κ2) is 7.70. The van der Waals surface area contributed by atoms with Crippen LogP contribution in [-0.2, 0) is 13.0 Å². The first-order chi connectivity index (χ1) is 9.79. The summed E-state index contributed by atoms with van der Waals surface area (Å²) in [6.07, 6.45) is 4.11. The maximum absolute atomic E-state index is 5.43. The van der Waals surface area contributed by atoms with Gasteiger partial charge in [-0.1, -0.05) is 12.1 Å². The van der Waals surface area contributed by atoms with Gasteiger partial charge in [0.1, 0.15) is 5.75 Å². The summed E-state index contributed by atoms with van der Waals surface area (Å²) >= 11 is 0. The summed E-state index contributed by atoms with van der Waals surface area (Å²) in [5.74, 6) is 0.937. The van der Waals surface area contributed by atoms with Crippen molar-refractivity contribution in [3.63, 3.8) is 0 Å². The van der Waals surface area contributed by atoms with Crippen LogP contribution in [0.15, 0.2) is 30.5 Å². The van der Waals surface area contributed by atoms with Crippen molar-refractivity contribution in [3.8, 4) is 5.75 Å². The molecule has 0 fully saturated rings. The van der Waals surface area contributed by atoms with Crippen molar-refractivity contribution in [2.24, 2.45) is 0 Å². The molecule has 1 heterocycles. The molecule has 0 unspecified atom stereocenters. The van der Waals surface area contributed by atoms with Crippen LogP contribution >= 0.6 is 0 Å². The van der Waals surface area contributed by atoms with Gasteiger partial charge in [-0.05, 0) is 56.5 Å². The topological polar surface area (TPSA) is 49.9 Å². The number of ether oxygens (including phenoxy) is 1. The zero-order valence-corrected chi connectivity index (χ0v) is 12.3. The van der Waals surface area contributed by atoms with E-state index in [1.807, 2.05) is 25.3 Å². The van der Waals surface area contributed by atoms with Crippen molar-refractivity contribution in [3.05, 3.63) is 47.3 Å². The quantitative estimate of drug-likeness (QED) is 0.727. The van der Waals surface area contributed by atoms with Gasteiger partial charge in [0.25, 0.3) is 0 Å². The third-order valence-corrected chi connectivity index (χ3v) is 3.30. The van der Waals surface area contributed by atoms with Crippen LogP contribution in [0.25, 0.3) is 0 Å². The minimum atomic E-state index is 0.713. The lowest BCUT2D eigenvalue weighted by molar-refractivity contribution is 0.340. The van der Waals surface area contributed by atoms with Crippen molar-refractivity contribution in [2.45, 2.75) is 33.2 Å². The molecule has 4 heteroatoms. The molecule has 2 aromatic rings. The maximum Gasteiger partial charge on any atom is 0.119 e. The van der Waals surface area contributed by atoms with E-state index in [4.69, 9.17) is 4.74 Å². The first-order valence-electron chi connectivity index (χ1n) is 7.21. The summed E-state index contributed by atoms with van der Waals surface area (Å²) in [5.41, 5.74) is 3.78. The highest BCUT2D eigenvalue weighted by atomic mass is 16.5. The van der Waals surface area contributed by atoms with E-state index >= 15 is 0 Å². The molecule has 0 amide bonds. The Morgan fingerprint density at radius 3 is 2.70 bits per heavy atom. The van der Waals surface area contributed by atoms with Gasteiger partial charge in [0.05, 0.1) is 12.8 Å². The number of hydrogen-bond donors (Lipinski definition) is 2. The minimum Gasteiger partial charge on any atom is -0.494 e. The molecule has 0 saturated carbocycles. The Hall–Kier alpha value is -1.81. The molecule has 0 bridgehead atoms. The molecule has 0 spiro atoms. The predicted molar refractivity (Wildman–Crippen MR) is 81.0 cm³/mol. The van der Waals surface area contributed by atoms with E-state index in [-0.39, 0.29) is 0 Å². The highest BCUT2D eigenvalue weighted by Crippen LogP contribution is 2.12. The molecular weight excluding hydrogens is 250 g/mol. The van der Waals surface area contributed by atoms with E-state index in [0.717, 1.165) is 31.7 Å². The lowest BCUT2D eigenvalue weighted by Gasteiger charge is -2.06. The Balaban J connectivity index is 1.64. The van der Waals surface area contributed by atoms with Crippen LogP contribution in [0.2, 0.25) is 0 Å². The molecule has 0 radical (unpaired) electrons. The molecule has 4 nitrogen and oxygen atoms in total. The van der Waals surface area contributed by atoms with Crippen molar-refractivity contribution in [1.82, 2.24) is 15.5 Å². The summed E-state index contributed by atoms with van der Waals surface area (Å²) in [5, 5.41) is 10.5. The van der Waals surface area contributed by atoms with Crippen LogP contribution < -0.4 is 10.1 Å². The number of rotatable bonds is 8. The fraction of sp³-hybridized carbons (Fsp3) is 0.438. The van der Waals surface area contributed by atoms with Crippen molar-refractivity contribution in [1.29, 1.82) is 0 Å². The largest absolute Gasteiger partial charge is 0.494 e. The zero-order chi connectivity index (χ0) is 14.2. The van der Waals surface area contributed by atoms with Gasteiger partial charge in [-0.3, -0.25) is 5.10 Å². The molecule has 2 N–H and O–H groups in total. The van der Waals surface area contributed by atoms with E-state index < -0.39 is 0 Å². The Morgan fingerprint density at radius 2 is 2.05 bits per heavy atom. The summed E-state index contributed by atoms with van der Waals surface area (Å²) in [6.45, 7) is 6.69. The molecule has 0 atom stereocenters. The second-order valence-corrected chi connectivity index (χ2v) is 4.88. The SMILES string of the molecule is CCOc1ccc(CNCCCc2cn[nH]c2C)cc1. The molecule has 0 saturated heterocycles. The van der Waals surface area contributed by atoms with Gasteiger partial charge in [-0.2, -0.15) is 5.10 Å². The van der Waals surface area contributed by atoms with Crippen molar-refractivity contribution in [2.75, 3.05) is 13.2 Å². The summed E-state index contributed by atoms with van der Waals surface area (Å²) < 4.78 is 5.43. The number of aryl methyl sites for hydroxylation is 2. The number of benzene rings is 1. The van der Waals surface area contributed by atoms with Gasteiger partial charge in [0.2, 0.25) is 0 Å². The monoisotopic (exact) mass is 273 g/mol. The zero-order valence-electron chi connectivity index (χ0n) is 12.3. The van der Waals surface area contributed by atoms with Crippen molar-refractivity contribution >= 4 is 0 Å². The molecule has 1 aromatic carbocycles. The molecule has 2 rings (SSSR count). The Labute approximate surface area is 120 Å². The highest BCUT2D eigenvalue weighted by Gasteiger charge is 2.00. The van der Waals surface area contributed by atoms with Gasteiger partial charge in [0.15, 0.2) is 0 Å². The van der Waals surface area contributed by atoms with Gasteiger partial charge in [-0.15, -0.1) is 0 Å². The number of H-pyrrole nitrogens is 1. The first kappa shape index (κ1) is 14.6. The Kier molecular flexibility index (Phi) is 5.62. The fourth-order valence-electron chi connectivity index (χ4n) is 2.13. The number of aromatic nitrogens is 2. The lowest BCUT2D eigenvalue weighted by Crippen LogP contribution is -2.15. The van der Waals surface area contributed by atoms with E-state index in [2.05, 4.69) is 34.6 Å². The number of nitrogens with one attached hydrogen (secondary N) is 2. The Bertz CT molecular complexity index is 505. The molecular formula is C16H23N3O. The number of nitrogens with zero attached hydrogens (tertiary/aromatic N) is 1. The lowest BCUT2D eigenvalue weighted by atomic mass is 10.1. The van der Waals surface area contributed by atoms with Gasteiger partial charge in [-0.25, -0.2) is 0 Å². The molecule has 108 valence electrons. The van der Waals surface area contributed by atoms with Gasteiger partial charge < -0.3 is 10.1 Å². The molecule has 1 aromatic heterocycles. The second-order valence-electron chi connectivity index (χ2n) is 4.88. The molecule has 0 aliphatic heterocycles. The highest BCUT2D eigenvalue weighted by molar-refractivity contribution is 5.27. The normalized spacial score (nSPS) is 10.7. The van der Waals surface area contributed by atoms with Crippen LogP contribution in [0.1, 0.15) is 30.2 Å². The van der Waals surface area contributed by atoms with E-state index in [1.165, 1.54) is 16.8 Å². The minimum absolute atomic E-state index is 0.713. The van der Waals surface area contributed by atoms with Crippen LogP contribution in [-0.4, -0.2) is 23.3 Å². The standard InChI is InChI=1S/C16H23N3O/c1-3-20-16-8-6-14(7-9-16)11-17-10-4-5-15-12-18-19-13(15)2/h6-9,12,17H,3-5,10-11H2,1-2H3,(H,18,19). The third kappa shape index (κ3) is 4.38. The van der Waals surface area contributed by atoms with Crippen LogP contribution in [0.5, 0.6) is 5.75 Å². The van der Waals surface area contributed by atoms with E-state index in [9.17, 15) is 0 Å². The van der Waals surface area contributed by atoms with Crippen molar-refractivity contribution < 1.29 is 4.74 Å². The van der Waals surface area contributed by atoms with Gasteiger partial charge in [0, 0.05) is 12.2 Å². The summed E-state index contributed by atoms with van der Waals surface area (Å²) in [4.78, 5) is 0. The van der Waals surface area contributed by atoms with Crippen LogP contribution in [0.3, 0.4) is 0 Å². The van der Waals surface area contributed by atoms with E-state index in [1.54, 1.807) is 0 Å².